The third-order valence-electron chi connectivity index (χ3n) is 3.98. The van der Waals surface area contributed by atoms with Crippen molar-refractivity contribution < 1.29 is 4.39 Å². The van der Waals surface area contributed by atoms with Gasteiger partial charge in [0.25, 0.3) is 0 Å². The number of piperazine rings is 1. The zero-order valence-electron chi connectivity index (χ0n) is 13.0. The Hall–Kier alpha value is -3.03. The van der Waals surface area contributed by atoms with E-state index < -0.39 is 5.82 Å². The zero-order chi connectivity index (χ0) is 16.4. The van der Waals surface area contributed by atoms with Crippen molar-refractivity contribution >= 4 is 11.8 Å². The van der Waals surface area contributed by atoms with Crippen LogP contribution in [-0.4, -0.2) is 50.7 Å². The van der Waals surface area contributed by atoms with E-state index in [1.54, 1.807) is 12.5 Å². The fraction of sp³-hybridized carbons (Fsp3) is 0.250. The first-order valence-electron chi connectivity index (χ1n) is 7.72. The number of aromatic nitrogens is 5. The molecule has 122 valence electrons. The van der Waals surface area contributed by atoms with E-state index in [0.29, 0.717) is 5.95 Å². The number of hydrogen-bond donors (Lipinski definition) is 0. The molecule has 0 N–H and O–H groups in total. The molecule has 0 aromatic carbocycles. The van der Waals surface area contributed by atoms with Crippen LogP contribution in [0.3, 0.4) is 0 Å². The first kappa shape index (κ1) is 14.6. The van der Waals surface area contributed by atoms with Gasteiger partial charge in [-0.05, 0) is 12.1 Å². The summed E-state index contributed by atoms with van der Waals surface area (Å²) in [5.41, 5.74) is 0. The molecule has 0 aliphatic carbocycles. The largest absolute Gasteiger partial charge is 0.353 e. The lowest BCUT2D eigenvalue weighted by atomic mass is 10.3. The molecular formula is C16H16FN7. The second kappa shape index (κ2) is 6.23. The highest BCUT2D eigenvalue weighted by molar-refractivity contribution is 5.45. The van der Waals surface area contributed by atoms with Gasteiger partial charge in [-0.2, -0.15) is 0 Å². The Bertz CT molecular complexity index is 796. The molecule has 4 heterocycles. The number of nitrogens with zero attached hydrogens (tertiary/aromatic N) is 7. The molecule has 24 heavy (non-hydrogen) atoms. The normalized spacial score (nSPS) is 14.9. The van der Waals surface area contributed by atoms with Gasteiger partial charge >= 0.3 is 0 Å². The van der Waals surface area contributed by atoms with E-state index in [1.807, 2.05) is 29.0 Å². The maximum Gasteiger partial charge on any atom is 0.225 e. The van der Waals surface area contributed by atoms with Crippen LogP contribution in [0.2, 0.25) is 0 Å². The summed E-state index contributed by atoms with van der Waals surface area (Å²) < 4.78 is 14.8. The van der Waals surface area contributed by atoms with Gasteiger partial charge < -0.3 is 9.80 Å². The number of anilines is 2. The van der Waals surface area contributed by atoms with Crippen LogP contribution in [0.1, 0.15) is 0 Å². The molecule has 0 spiro atoms. The monoisotopic (exact) mass is 325 g/mol. The predicted molar refractivity (Wildman–Crippen MR) is 87.8 cm³/mol. The third kappa shape index (κ3) is 2.90. The molecule has 7 nitrogen and oxygen atoms in total. The molecule has 1 saturated heterocycles. The molecule has 0 unspecified atom stereocenters. The number of hydrogen-bond acceptors (Lipinski definition) is 6. The standard InChI is InChI=1S/C16H16FN7/c17-13-10-19-16(20-11-13)23-8-6-22(7-9-23)14-2-1-3-15(21-14)24-5-4-18-12-24/h1-5,10-12H,6-9H2. The summed E-state index contributed by atoms with van der Waals surface area (Å²) in [4.78, 5) is 21.1. The molecule has 1 aliphatic heterocycles. The van der Waals surface area contributed by atoms with E-state index in [1.165, 1.54) is 12.4 Å². The van der Waals surface area contributed by atoms with Crippen molar-refractivity contribution in [1.82, 2.24) is 24.5 Å². The van der Waals surface area contributed by atoms with Gasteiger partial charge in [0.1, 0.15) is 18.0 Å². The van der Waals surface area contributed by atoms with Gasteiger partial charge in [0, 0.05) is 38.6 Å². The van der Waals surface area contributed by atoms with E-state index in [-0.39, 0.29) is 0 Å². The van der Waals surface area contributed by atoms with E-state index in [2.05, 4.69) is 24.8 Å². The van der Waals surface area contributed by atoms with Crippen LogP contribution < -0.4 is 9.80 Å². The minimum absolute atomic E-state index is 0.419. The smallest absolute Gasteiger partial charge is 0.225 e. The molecular weight excluding hydrogens is 309 g/mol. The average Bonchev–Trinajstić information content (AvgIpc) is 3.17. The highest BCUT2D eigenvalue weighted by Crippen LogP contribution is 2.18. The fourth-order valence-electron chi connectivity index (χ4n) is 2.73. The maximum absolute atomic E-state index is 12.9. The quantitative estimate of drug-likeness (QED) is 0.728. The third-order valence-corrected chi connectivity index (χ3v) is 3.98. The summed E-state index contributed by atoms with van der Waals surface area (Å²) in [5.74, 6) is 1.92. The van der Waals surface area contributed by atoms with Crippen LogP contribution >= 0.6 is 0 Å². The predicted octanol–water partition coefficient (Wildman–Crippen LogP) is 1.52. The molecule has 0 radical (unpaired) electrons. The highest BCUT2D eigenvalue weighted by Gasteiger charge is 2.20. The van der Waals surface area contributed by atoms with Crippen molar-refractivity contribution in [3.05, 3.63) is 55.1 Å². The molecule has 0 atom stereocenters. The lowest BCUT2D eigenvalue weighted by Crippen LogP contribution is -2.47. The van der Waals surface area contributed by atoms with Gasteiger partial charge in [0.05, 0.1) is 12.4 Å². The van der Waals surface area contributed by atoms with Crippen LogP contribution in [0.25, 0.3) is 5.82 Å². The van der Waals surface area contributed by atoms with Crippen LogP contribution in [0.5, 0.6) is 0 Å². The van der Waals surface area contributed by atoms with Crippen LogP contribution in [0.15, 0.2) is 49.3 Å². The summed E-state index contributed by atoms with van der Waals surface area (Å²) in [6, 6.07) is 5.95. The van der Waals surface area contributed by atoms with Crippen molar-refractivity contribution in [1.29, 1.82) is 0 Å². The molecule has 4 rings (SSSR count). The highest BCUT2D eigenvalue weighted by atomic mass is 19.1. The van der Waals surface area contributed by atoms with E-state index >= 15 is 0 Å². The van der Waals surface area contributed by atoms with Crippen LogP contribution in [0.4, 0.5) is 16.2 Å². The summed E-state index contributed by atoms with van der Waals surface area (Å²) in [6.07, 6.45) is 7.73. The summed E-state index contributed by atoms with van der Waals surface area (Å²) >= 11 is 0. The lowest BCUT2D eigenvalue weighted by Gasteiger charge is -2.35. The first-order chi connectivity index (χ1) is 11.8. The lowest BCUT2D eigenvalue weighted by molar-refractivity contribution is 0.601. The molecule has 3 aromatic heterocycles. The SMILES string of the molecule is Fc1cnc(N2CCN(c3cccc(-n4ccnc4)n3)CC2)nc1. The van der Waals surface area contributed by atoms with Crippen LogP contribution in [0, 0.1) is 5.82 Å². The molecule has 8 heteroatoms. The molecule has 1 fully saturated rings. The second-order valence-corrected chi connectivity index (χ2v) is 5.50. The minimum atomic E-state index is -0.419. The van der Waals surface area contributed by atoms with Crippen molar-refractivity contribution in [2.45, 2.75) is 0 Å². The fourth-order valence-corrected chi connectivity index (χ4v) is 2.73. The maximum atomic E-state index is 12.9. The Kier molecular flexibility index (Phi) is 3.78. The van der Waals surface area contributed by atoms with Crippen LogP contribution in [-0.2, 0) is 0 Å². The molecule has 3 aromatic rings. The van der Waals surface area contributed by atoms with E-state index in [4.69, 9.17) is 4.98 Å². The Morgan fingerprint density at radius 2 is 1.62 bits per heavy atom. The van der Waals surface area contributed by atoms with Gasteiger partial charge in [0.15, 0.2) is 5.82 Å². The van der Waals surface area contributed by atoms with Crippen molar-refractivity contribution in [3.8, 4) is 5.82 Å². The molecule has 0 saturated carbocycles. The topological polar surface area (TPSA) is 63.0 Å². The minimum Gasteiger partial charge on any atom is -0.353 e. The molecule has 1 aliphatic rings. The summed E-state index contributed by atoms with van der Waals surface area (Å²) in [6.45, 7) is 3.15. The molecule has 0 amide bonds. The van der Waals surface area contributed by atoms with Crippen molar-refractivity contribution in [3.63, 3.8) is 0 Å². The summed E-state index contributed by atoms with van der Waals surface area (Å²) in [7, 11) is 0. The van der Waals surface area contributed by atoms with Gasteiger partial charge in [-0.25, -0.2) is 24.3 Å². The number of imidazole rings is 1. The Balaban J connectivity index is 1.46. The van der Waals surface area contributed by atoms with Gasteiger partial charge in [-0.1, -0.05) is 6.07 Å². The first-order valence-corrected chi connectivity index (χ1v) is 7.72. The second-order valence-electron chi connectivity index (χ2n) is 5.50. The van der Waals surface area contributed by atoms with Gasteiger partial charge in [0.2, 0.25) is 5.95 Å². The van der Waals surface area contributed by atoms with E-state index in [0.717, 1.165) is 37.8 Å². The van der Waals surface area contributed by atoms with Crippen molar-refractivity contribution in [2.75, 3.05) is 36.0 Å². The van der Waals surface area contributed by atoms with Gasteiger partial charge in [-0.15, -0.1) is 0 Å². The number of halogens is 1. The number of pyridine rings is 1. The Morgan fingerprint density at radius 3 is 2.33 bits per heavy atom. The molecule has 0 bridgehead atoms. The number of rotatable bonds is 3. The Morgan fingerprint density at radius 1 is 0.917 bits per heavy atom. The van der Waals surface area contributed by atoms with E-state index in [9.17, 15) is 4.39 Å². The zero-order valence-corrected chi connectivity index (χ0v) is 13.0. The Labute approximate surface area is 138 Å². The van der Waals surface area contributed by atoms with Gasteiger partial charge in [-0.3, -0.25) is 4.57 Å². The van der Waals surface area contributed by atoms with Crippen molar-refractivity contribution in [2.24, 2.45) is 0 Å². The summed E-state index contributed by atoms with van der Waals surface area (Å²) in [5, 5.41) is 0. The average molecular weight is 325 g/mol.